The van der Waals surface area contributed by atoms with Gasteiger partial charge in [-0.25, -0.2) is 17.6 Å². The van der Waals surface area contributed by atoms with Crippen LogP contribution in [0.3, 0.4) is 0 Å². The van der Waals surface area contributed by atoms with E-state index in [0.717, 1.165) is 56.1 Å². The van der Waals surface area contributed by atoms with E-state index in [1.165, 1.54) is 12.1 Å². The fourth-order valence-electron chi connectivity index (χ4n) is 5.70. The topological polar surface area (TPSA) is 0 Å². The highest BCUT2D eigenvalue weighted by molar-refractivity contribution is 5.71. The maximum absolute atomic E-state index is 15.3. The van der Waals surface area contributed by atoms with Gasteiger partial charge in [0.15, 0.2) is 23.3 Å². The van der Waals surface area contributed by atoms with E-state index in [1.807, 2.05) is 30.3 Å². The van der Waals surface area contributed by atoms with Gasteiger partial charge in [0.2, 0.25) is 0 Å². The normalized spacial score (nSPS) is 19.2. The third kappa shape index (κ3) is 4.78. The minimum atomic E-state index is -1.31. The third-order valence-electron chi connectivity index (χ3n) is 7.57. The molecule has 180 valence electrons. The quantitative estimate of drug-likeness (QED) is 0.239. The van der Waals surface area contributed by atoms with Gasteiger partial charge in [0.25, 0.3) is 0 Å². The first-order valence-electron chi connectivity index (χ1n) is 12.5. The zero-order chi connectivity index (χ0) is 24.2. The molecular weight excluding hydrogens is 436 g/mol. The van der Waals surface area contributed by atoms with Gasteiger partial charge in [-0.1, -0.05) is 107 Å². The van der Waals surface area contributed by atoms with Gasteiger partial charge in [0, 0.05) is 5.56 Å². The Kier molecular flexibility index (Phi) is 7.75. The Morgan fingerprint density at radius 3 is 1.91 bits per heavy atom. The highest BCUT2D eigenvalue weighted by Gasteiger charge is 2.36. The smallest absolute Gasteiger partial charge is 0.170 e. The highest BCUT2D eigenvalue weighted by atomic mass is 19.2. The van der Waals surface area contributed by atoms with Crippen LogP contribution in [0.4, 0.5) is 17.6 Å². The summed E-state index contributed by atoms with van der Waals surface area (Å²) < 4.78 is 61.2. The Bertz CT molecular complexity index is 1080. The van der Waals surface area contributed by atoms with E-state index >= 15 is 17.6 Å². The van der Waals surface area contributed by atoms with Crippen LogP contribution < -0.4 is 0 Å². The van der Waals surface area contributed by atoms with Crippen molar-refractivity contribution in [3.8, 4) is 22.3 Å². The van der Waals surface area contributed by atoms with Crippen LogP contribution in [0.15, 0.2) is 54.6 Å². The molecule has 3 aromatic rings. The van der Waals surface area contributed by atoms with E-state index in [0.29, 0.717) is 5.92 Å². The summed E-state index contributed by atoms with van der Waals surface area (Å²) >= 11 is 0. The molecule has 1 saturated carbocycles. The Morgan fingerprint density at radius 2 is 1.29 bits per heavy atom. The van der Waals surface area contributed by atoms with E-state index in [2.05, 4.69) is 6.92 Å². The van der Waals surface area contributed by atoms with Crippen LogP contribution in [0.2, 0.25) is 0 Å². The van der Waals surface area contributed by atoms with Crippen molar-refractivity contribution in [2.75, 3.05) is 0 Å². The number of hydrogen-bond donors (Lipinski definition) is 0. The zero-order valence-electron chi connectivity index (χ0n) is 19.9. The van der Waals surface area contributed by atoms with Crippen LogP contribution in [-0.2, 0) is 0 Å². The van der Waals surface area contributed by atoms with Gasteiger partial charge in [-0.2, -0.15) is 0 Å². The molecular formula is C30H32F4. The lowest BCUT2D eigenvalue weighted by Gasteiger charge is -2.36. The van der Waals surface area contributed by atoms with E-state index < -0.39 is 40.3 Å². The minimum absolute atomic E-state index is 0.0269. The van der Waals surface area contributed by atoms with Crippen molar-refractivity contribution in [2.45, 2.75) is 64.7 Å². The molecule has 0 amide bonds. The monoisotopic (exact) mass is 468 g/mol. The van der Waals surface area contributed by atoms with Crippen LogP contribution in [0.1, 0.15) is 70.3 Å². The molecule has 0 aliphatic heterocycles. The van der Waals surface area contributed by atoms with Crippen LogP contribution in [0.5, 0.6) is 0 Å². The molecule has 1 fully saturated rings. The summed E-state index contributed by atoms with van der Waals surface area (Å²) in [6, 6.07) is 16.0. The fourth-order valence-corrected chi connectivity index (χ4v) is 5.70. The molecule has 4 rings (SSSR count). The largest absolute Gasteiger partial charge is 0.203 e. The third-order valence-corrected chi connectivity index (χ3v) is 7.57. The number of rotatable bonds is 7. The van der Waals surface area contributed by atoms with Crippen molar-refractivity contribution >= 4 is 0 Å². The molecule has 34 heavy (non-hydrogen) atoms. The van der Waals surface area contributed by atoms with Gasteiger partial charge in [0.05, 0.1) is 5.56 Å². The van der Waals surface area contributed by atoms with Gasteiger partial charge in [-0.3, -0.25) is 0 Å². The predicted molar refractivity (Wildman–Crippen MR) is 131 cm³/mol. The second-order valence-corrected chi connectivity index (χ2v) is 9.63. The van der Waals surface area contributed by atoms with E-state index in [-0.39, 0.29) is 11.5 Å². The summed E-state index contributed by atoms with van der Waals surface area (Å²) in [7, 11) is 0. The molecule has 3 unspecified atom stereocenters. The Hall–Kier alpha value is -2.62. The molecule has 3 atom stereocenters. The zero-order valence-corrected chi connectivity index (χ0v) is 19.9. The summed E-state index contributed by atoms with van der Waals surface area (Å²) in [6.45, 7) is 3.85. The fraction of sp³-hybridized carbons (Fsp3) is 0.400. The number of benzene rings is 3. The first-order valence-corrected chi connectivity index (χ1v) is 12.5. The number of hydrogen-bond acceptors (Lipinski definition) is 0. The minimum Gasteiger partial charge on any atom is -0.203 e. The van der Waals surface area contributed by atoms with Gasteiger partial charge in [-0.15, -0.1) is 0 Å². The van der Waals surface area contributed by atoms with Gasteiger partial charge < -0.3 is 0 Å². The van der Waals surface area contributed by atoms with Gasteiger partial charge in [-0.05, 0) is 40.9 Å². The molecule has 3 aromatic carbocycles. The molecule has 0 aromatic heterocycles. The molecule has 0 saturated heterocycles. The van der Waals surface area contributed by atoms with Crippen molar-refractivity contribution in [3.63, 3.8) is 0 Å². The maximum atomic E-state index is 15.3. The Balaban J connectivity index is 1.69. The molecule has 0 radical (unpaired) electrons. The molecule has 1 aliphatic rings. The van der Waals surface area contributed by atoms with Crippen LogP contribution in [0.25, 0.3) is 22.3 Å². The van der Waals surface area contributed by atoms with Gasteiger partial charge in [0.1, 0.15) is 0 Å². The average molecular weight is 469 g/mol. The summed E-state index contributed by atoms with van der Waals surface area (Å²) in [4.78, 5) is 0. The summed E-state index contributed by atoms with van der Waals surface area (Å²) in [5.41, 5.74) is 0.836. The van der Waals surface area contributed by atoms with Gasteiger partial charge >= 0.3 is 0 Å². The second-order valence-electron chi connectivity index (χ2n) is 9.63. The molecule has 1 aliphatic carbocycles. The van der Waals surface area contributed by atoms with Crippen molar-refractivity contribution < 1.29 is 17.6 Å². The Morgan fingerprint density at radius 1 is 0.735 bits per heavy atom. The molecule has 0 spiro atoms. The lowest BCUT2D eigenvalue weighted by Crippen LogP contribution is -2.26. The molecule has 0 heterocycles. The SMILES string of the molecule is CCCCC1CCCCC1C(C)c1c(F)c(F)c(-c2ccc(-c3ccccc3)cc2)c(F)c1F. The van der Waals surface area contributed by atoms with Crippen LogP contribution in [-0.4, -0.2) is 0 Å². The lowest BCUT2D eigenvalue weighted by atomic mass is 9.69. The summed E-state index contributed by atoms with van der Waals surface area (Å²) in [6.07, 6.45) is 7.03. The van der Waals surface area contributed by atoms with E-state index in [1.54, 1.807) is 19.1 Å². The van der Waals surface area contributed by atoms with Crippen molar-refractivity contribution in [1.29, 1.82) is 0 Å². The molecule has 0 nitrogen and oxygen atoms in total. The van der Waals surface area contributed by atoms with Crippen molar-refractivity contribution in [1.82, 2.24) is 0 Å². The molecule has 4 heteroatoms. The molecule has 0 N–H and O–H groups in total. The lowest BCUT2D eigenvalue weighted by molar-refractivity contribution is 0.187. The van der Waals surface area contributed by atoms with Crippen LogP contribution in [0, 0.1) is 35.1 Å². The van der Waals surface area contributed by atoms with Crippen molar-refractivity contribution in [3.05, 3.63) is 83.4 Å². The maximum Gasteiger partial charge on any atom is 0.170 e. The Labute approximate surface area is 200 Å². The van der Waals surface area contributed by atoms with E-state index in [9.17, 15) is 0 Å². The molecule has 0 bridgehead atoms. The van der Waals surface area contributed by atoms with Crippen molar-refractivity contribution in [2.24, 2.45) is 11.8 Å². The van der Waals surface area contributed by atoms with E-state index in [4.69, 9.17) is 0 Å². The summed E-state index contributed by atoms with van der Waals surface area (Å²) in [5, 5.41) is 0. The average Bonchev–Trinajstić information content (AvgIpc) is 2.87. The first kappa shape index (κ1) is 24.5. The first-order chi connectivity index (χ1) is 16.4. The number of unbranched alkanes of at least 4 members (excludes halogenated alkanes) is 1. The second kappa shape index (κ2) is 10.8. The van der Waals surface area contributed by atoms with Crippen LogP contribution >= 0.6 is 0 Å². The summed E-state index contributed by atoms with van der Waals surface area (Å²) in [5.74, 6) is -5.36. The standard InChI is InChI=1S/C30H32F4/c1-3-4-10-22-13-8-9-14-24(22)19(2)25-27(31)29(33)26(30(34)28(25)32)23-17-15-21(16-18-23)20-11-6-5-7-12-20/h5-7,11-12,15-19,22,24H,3-4,8-10,13-14H2,1-2H3. The predicted octanol–water partition coefficient (Wildman–Crippen LogP) is 9.68. The highest BCUT2D eigenvalue weighted by Crippen LogP contribution is 2.45. The number of halogens is 4.